The Morgan fingerprint density at radius 3 is 2.41 bits per heavy atom. The monoisotopic (exact) mass is 367 g/mol. The van der Waals surface area contributed by atoms with Gasteiger partial charge in [0.25, 0.3) is 0 Å². The van der Waals surface area contributed by atoms with E-state index in [-0.39, 0.29) is 0 Å². The third-order valence-electron chi connectivity index (χ3n) is 5.26. The van der Waals surface area contributed by atoms with Crippen molar-refractivity contribution in [3.63, 3.8) is 0 Å². The fourth-order valence-electron chi connectivity index (χ4n) is 3.79. The van der Waals surface area contributed by atoms with Gasteiger partial charge in [-0.2, -0.15) is 0 Å². The van der Waals surface area contributed by atoms with Gasteiger partial charge in [0.2, 0.25) is 0 Å². The van der Waals surface area contributed by atoms with Gasteiger partial charge in [0.1, 0.15) is 0 Å². The predicted molar refractivity (Wildman–Crippen MR) is 119 cm³/mol. The highest BCUT2D eigenvalue weighted by molar-refractivity contribution is 7.19. The second-order valence-electron chi connectivity index (χ2n) is 7.20. The van der Waals surface area contributed by atoms with E-state index in [4.69, 9.17) is 0 Å². The number of rotatable bonds is 3. The number of benzene rings is 3. The predicted octanol–water partition coefficient (Wildman–Crippen LogP) is 7.83. The molecule has 1 aliphatic rings. The van der Waals surface area contributed by atoms with Crippen LogP contribution in [0.2, 0.25) is 0 Å². The van der Waals surface area contributed by atoms with Crippen molar-refractivity contribution in [1.29, 1.82) is 0 Å². The van der Waals surface area contributed by atoms with Crippen LogP contribution in [0.25, 0.3) is 27.3 Å². The molecular weight excluding hydrogens is 346 g/mol. The SMILES string of the molecule is CC1CC=Cc2c1sc1ccc(Nc3ccc(-c4ccccc4)cc3)cc21. The molecular formula is C25H21NS. The van der Waals surface area contributed by atoms with Crippen LogP contribution in [0.4, 0.5) is 11.4 Å². The van der Waals surface area contributed by atoms with Gasteiger partial charge in [-0.3, -0.25) is 0 Å². The molecule has 1 aliphatic carbocycles. The molecule has 0 fully saturated rings. The molecule has 4 aromatic rings. The first kappa shape index (κ1) is 16.3. The fraction of sp³-hybridized carbons (Fsp3) is 0.120. The van der Waals surface area contributed by atoms with Crippen LogP contribution >= 0.6 is 11.3 Å². The van der Waals surface area contributed by atoms with Gasteiger partial charge in [0, 0.05) is 26.3 Å². The minimum Gasteiger partial charge on any atom is -0.356 e. The highest BCUT2D eigenvalue weighted by Gasteiger charge is 2.18. The Morgan fingerprint density at radius 2 is 1.59 bits per heavy atom. The van der Waals surface area contributed by atoms with E-state index in [1.807, 2.05) is 11.3 Å². The van der Waals surface area contributed by atoms with Crippen molar-refractivity contribution in [2.24, 2.45) is 0 Å². The standard InChI is InChI=1S/C25H21NS/c1-17-6-5-9-22-23-16-21(14-15-24(23)27-25(17)22)26-20-12-10-19(11-13-20)18-7-3-2-4-8-18/h2-5,7-17,26H,6H2,1H3. The topological polar surface area (TPSA) is 12.0 Å². The number of anilines is 2. The van der Waals surface area contributed by atoms with Crippen LogP contribution in [0, 0.1) is 0 Å². The molecule has 1 heterocycles. The van der Waals surface area contributed by atoms with Crippen LogP contribution in [0.15, 0.2) is 78.9 Å². The zero-order valence-corrected chi connectivity index (χ0v) is 16.1. The minimum absolute atomic E-state index is 0.629. The normalized spacial score (nSPS) is 15.7. The van der Waals surface area contributed by atoms with Gasteiger partial charge in [-0.25, -0.2) is 0 Å². The highest BCUT2D eigenvalue weighted by atomic mass is 32.1. The van der Waals surface area contributed by atoms with Gasteiger partial charge >= 0.3 is 0 Å². The maximum absolute atomic E-state index is 3.56. The molecule has 1 N–H and O–H groups in total. The smallest absolute Gasteiger partial charge is 0.0391 e. The van der Waals surface area contributed by atoms with E-state index in [9.17, 15) is 0 Å². The summed E-state index contributed by atoms with van der Waals surface area (Å²) in [4.78, 5) is 1.52. The Bertz CT molecular complexity index is 1120. The maximum Gasteiger partial charge on any atom is 0.0391 e. The average Bonchev–Trinajstić information content (AvgIpc) is 3.09. The fourth-order valence-corrected chi connectivity index (χ4v) is 5.03. The first-order valence-electron chi connectivity index (χ1n) is 9.43. The van der Waals surface area contributed by atoms with E-state index in [1.54, 1.807) is 0 Å². The molecule has 3 aromatic carbocycles. The molecule has 0 amide bonds. The third kappa shape index (κ3) is 3.07. The van der Waals surface area contributed by atoms with E-state index in [1.165, 1.54) is 31.7 Å². The quantitative estimate of drug-likeness (QED) is 0.389. The van der Waals surface area contributed by atoms with Gasteiger partial charge in [-0.15, -0.1) is 11.3 Å². The Morgan fingerprint density at radius 1 is 0.852 bits per heavy atom. The summed E-state index contributed by atoms with van der Waals surface area (Å²) < 4.78 is 1.38. The maximum atomic E-state index is 3.56. The van der Waals surface area contributed by atoms with Crippen LogP contribution in [-0.2, 0) is 0 Å². The summed E-state index contributed by atoms with van der Waals surface area (Å²) in [7, 11) is 0. The second kappa shape index (κ2) is 6.71. The lowest BCUT2D eigenvalue weighted by atomic mass is 9.94. The molecule has 2 heteroatoms. The van der Waals surface area contributed by atoms with Gasteiger partial charge in [0.05, 0.1) is 0 Å². The summed E-state index contributed by atoms with van der Waals surface area (Å²) in [6.45, 7) is 2.32. The number of allylic oxidation sites excluding steroid dienone is 1. The first-order valence-corrected chi connectivity index (χ1v) is 10.2. The molecule has 1 atom stereocenters. The van der Waals surface area contributed by atoms with Crippen LogP contribution in [0.3, 0.4) is 0 Å². The lowest BCUT2D eigenvalue weighted by molar-refractivity contribution is 0.791. The Kier molecular flexibility index (Phi) is 4.06. The number of fused-ring (bicyclic) bond motifs is 3. The van der Waals surface area contributed by atoms with Crippen molar-refractivity contribution < 1.29 is 0 Å². The summed E-state index contributed by atoms with van der Waals surface area (Å²) in [6, 6.07) is 25.9. The van der Waals surface area contributed by atoms with Gasteiger partial charge < -0.3 is 5.32 Å². The highest BCUT2D eigenvalue weighted by Crippen LogP contribution is 2.42. The lowest BCUT2D eigenvalue weighted by Crippen LogP contribution is -1.95. The Labute approximate surface area is 164 Å². The van der Waals surface area contributed by atoms with Crippen molar-refractivity contribution >= 4 is 38.9 Å². The largest absolute Gasteiger partial charge is 0.356 e. The Balaban J connectivity index is 1.44. The molecule has 132 valence electrons. The molecule has 27 heavy (non-hydrogen) atoms. The summed E-state index contributed by atoms with van der Waals surface area (Å²) in [5.41, 5.74) is 6.15. The van der Waals surface area contributed by atoms with Crippen LogP contribution in [0.5, 0.6) is 0 Å². The van der Waals surface area contributed by atoms with E-state index in [0.29, 0.717) is 5.92 Å². The van der Waals surface area contributed by atoms with Gasteiger partial charge in [-0.05, 0) is 59.4 Å². The number of thiophene rings is 1. The molecule has 1 aromatic heterocycles. The summed E-state index contributed by atoms with van der Waals surface area (Å²) in [6.07, 6.45) is 5.76. The average molecular weight is 368 g/mol. The summed E-state index contributed by atoms with van der Waals surface area (Å²) >= 11 is 1.94. The third-order valence-corrected chi connectivity index (χ3v) is 6.68. The number of hydrogen-bond donors (Lipinski definition) is 1. The second-order valence-corrected chi connectivity index (χ2v) is 8.28. The van der Waals surface area contributed by atoms with Crippen molar-refractivity contribution in [3.05, 3.63) is 89.3 Å². The number of nitrogens with one attached hydrogen (secondary N) is 1. The van der Waals surface area contributed by atoms with Crippen molar-refractivity contribution in [2.45, 2.75) is 19.3 Å². The van der Waals surface area contributed by atoms with E-state index in [2.05, 4.69) is 97.2 Å². The molecule has 0 bridgehead atoms. The van der Waals surface area contributed by atoms with E-state index >= 15 is 0 Å². The first-order chi connectivity index (χ1) is 13.3. The van der Waals surface area contributed by atoms with Crippen molar-refractivity contribution in [3.8, 4) is 11.1 Å². The molecule has 0 saturated carbocycles. The number of hydrogen-bond acceptors (Lipinski definition) is 2. The van der Waals surface area contributed by atoms with Gasteiger partial charge in [-0.1, -0.05) is 61.5 Å². The van der Waals surface area contributed by atoms with Crippen LogP contribution in [0.1, 0.15) is 29.7 Å². The molecule has 1 nitrogen and oxygen atoms in total. The Hall–Kier alpha value is -2.84. The van der Waals surface area contributed by atoms with Crippen LogP contribution in [-0.4, -0.2) is 0 Å². The summed E-state index contributed by atoms with van der Waals surface area (Å²) in [5, 5.41) is 4.93. The molecule has 5 rings (SSSR count). The molecule has 0 spiro atoms. The molecule has 0 aliphatic heterocycles. The zero-order chi connectivity index (χ0) is 18.2. The van der Waals surface area contributed by atoms with Crippen LogP contribution < -0.4 is 5.32 Å². The van der Waals surface area contributed by atoms with E-state index < -0.39 is 0 Å². The van der Waals surface area contributed by atoms with Crippen molar-refractivity contribution in [1.82, 2.24) is 0 Å². The molecule has 1 unspecified atom stereocenters. The van der Waals surface area contributed by atoms with Gasteiger partial charge in [0.15, 0.2) is 0 Å². The van der Waals surface area contributed by atoms with Crippen molar-refractivity contribution in [2.75, 3.05) is 5.32 Å². The zero-order valence-electron chi connectivity index (χ0n) is 15.3. The van der Waals surface area contributed by atoms with E-state index in [0.717, 1.165) is 17.8 Å². The lowest BCUT2D eigenvalue weighted by Gasteiger charge is -2.13. The minimum atomic E-state index is 0.629. The molecule has 0 saturated heterocycles. The summed E-state index contributed by atoms with van der Waals surface area (Å²) in [5.74, 6) is 0.629. The molecule has 0 radical (unpaired) electrons.